The Labute approximate surface area is 165 Å². The molecule has 2 atom stereocenters. The Balaban J connectivity index is 0.00000261. The molecule has 0 spiro atoms. The summed E-state index contributed by atoms with van der Waals surface area (Å²) in [4.78, 5) is 24.1. The summed E-state index contributed by atoms with van der Waals surface area (Å²) in [6, 6.07) is 5.98. The molecular weight excluding hydrogens is 392 g/mol. The molecule has 2 fully saturated rings. The summed E-state index contributed by atoms with van der Waals surface area (Å²) in [5.74, 6) is -0.259. The SMILES string of the molecule is CC1CCNCC1NC(=O)c1cccc(S(=O)(=O)N2CCNC(=O)C2)c1.Cl. The van der Waals surface area contributed by atoms with Gasteiger partial charge in [-0.05, 0) is 37.1 Å². The molecule has 10 heteroatoms. The Kier molecular flexibility index (Phi) is 7.21. The molecule has 8 nitrogen and oxygen atoms in total. The van der Waals surface area contributed by atoms with E-state index < -0.39 is 10.0 Å². The molecule has 3 rings (SSSR count). The predicted molar refractivity (Wildman–Crippen MR) is 103 cm³/mol. The number of hydrogen-bond donors (Lipinski definition) is 3. The molecule has 2 heterocycles. The van der Waals surface area contributed by atoms with E-state index in [-0.39, 0.29) is 54.8 Å². The van der Waals surface area contributed by atoms with Crippen LogP contribution in [0.15, 0.2) is 29.2 Å². The van der Waals surface area contributed by atoms with Gasteiger partial charge in [-0.2, -0.15) is 4.31 Å². The minimum absolute atomic E-state index is 0. The molecule has 2 amide bonds. The maximum Gasteiger partial charge on any atom is 0.251 e. The number of carbonyl (C=O) groups excluding carboxylic acids is 2. The zero-order chi connectivity index (χ0) is 18.7. The number of nitrogens with one attached hydrogen (secondary N) is 3. The number of piperazine rings is 1. The number of hydrogen-bond acceptors (Lipinski definition) is 5. The lowest BCUT2D eigenvalue weighted by Crippen LogP contribution is -2.50. The number of nitrogens with zero attached hydrogens (tertiary/aromatic N) is 1. The first-order valence-corrected chi connectivity index (χ1v) is 10.2. The predicted octanol–water partition coefficient (Wildman–Crippen LogP) is -0.0433. The van der Waals surface area contributed by atoms with E-state index in [1.165, 1.54) is 12.1 Å². The van der Waals surface area contributed by atoms with Crippen molar-refractivity contribution in [3.8, 4) is 0 Å². The van der Waals surface area contributed by atoms with Crippen LogP contribution in [0.2, 0.25) is 0 Å². The Morgan fingerprint density at radius 3 is 2.78 bits per heavy atom. The molecule has 3 N–H and O–H groups in total. The zero-order valence-corrected chi connectivity index (χ0v) is 16.7. The summed E-state index contributed by atoms with van der Waals surface area (Å²) in [7, 11) is -3.81. The van der Waals surface area contributed by atoms with Crippen molar-refractivity contribution in [3.63, 3.8) is 0 Å². The highest BCUT2D eigenvalue weighted by atomic mass is 35.5. The average molecular weight is 417 g/mol. The van der Waals surface area contributed by atoms with Crippen LogP contribution in [-0.2, 0) is 14.8 Å². The van der Waals surface area contributed by atoms with Crippen molar-refractivity contribution in [2.45, 2.75) is 24.3 Å². The van der Waals surface area contributed by atoms with Crippen LogP contribution in [-0.4, -0.2) is 63.3 Å². The topological polar surface area (TPSA) is 108 Å². The van der Waals surface area contributed by atoms with E-state index in [1.54, 1.807) is 12.1 Å². The molecule has 2 aliphatic rings. The van der Waals surface area contributed by atoms with Gasteiger partial charge in [0.1, 0.15) is 0 Å². The van der Waals surface area contributed by atoms with E-state index in [9.17, 15) is 18.0 Å². The van der Waals surface area contributed by atoms with Gasteiger partial charge in [-0.3, -0.25) is 9.59 Å². The van der Waals surface area contributed by atoms with Crippen LogP contribution in [0.5, 0.6) is 0 Å². The normalized spacial score (nSPS) is 23.8. The lowest BCUT2D eigenvalue weighted by atomic mass is 9.94. The van der Waals surface area contributed by atoms with Gasteiger partial charge in [0, 0.05) is 31.2 Å². The molecule has 27 heavy (non-hydrogen) atoms. The maximum absolute atomic E-state index is 12.8. The van der Waals surface area contributed by atoms with Crippen molar-refractivity contribution >= 4 is 34.2 Å². The molecule has 0 aromatic heterocycles. The van der Waals surface area contributed by atoms with Crippen LogP contribution in [0.3, 0.4) is 0 Å². The van der Waals surface area contributed by atoms with Gasteiger partial charge in [-0.1, -0.05) is 13.0 Å². The molecule has 2 saturated heterocycles. The third-order valence-corrected chi connectivity index (χ3v) is 6.72. The highest BCUT2D eigenvalue weighted by Gasteiger charge is 2.30. The van der Waals surface area contributed by atoms with Crippen LogP contribution < -0.4 is 16.0 Å². The first-order chi connectivity index (χ1) is 12.4. The van der Waals surface area contributed by atoms with Crippen molar-refractivity contribution in [3.05, 3.63) is 29.8 Å². The van der Waals surface area contributed by atoms with Crippen molar-refractivity contribution in [1.29, 1.82) is 0 Å². The van der Waals surface area contributed by atoms with E-state index in [2.05, 4.69) is 22.9 Å². The number of benzene rings is 1. The second kappa shape index (κ2) is 9.01. The highest BCUT2D eigenvalue weighted by molar-refractivity contribution is 7.89. The molecule has 150 valence electrons. The molecule has 2 aliphatic heterocycles. The molecule has 1 aromatic carbocycles. The second-order valence-corrected chi connectivity index (χ2v) is 8.70. The molecular formula is C17H25ClN4O4S. The summed E-state index contributed by atoms with van der Waals surface area (Å²) in [6.45, 7) is 4.02. The largest absolute Gasteiger partial charge is 0.354 e. The van der Waals surface area contributed by atoms with Gasteiger partial charge in [0.25, 0.3) is 5.91 Å². The Morgan fingerprint density at radius 1 is 1.30 bits per heavy atom. The zero-order valence-electron chi connectivity index (χ0n) is 15.1. The molecule has 0 saturated carbocycles. The average Bonchev–Trinajstić information content (AvgIpc) is 2.63. The van der Waals surface area contributed by atoms with Crippen molar-refractivity contribution in [2.24, 2.45) is 5.92 Å². The fraction of sp³-hybridized carbons (Fsp3) is 0.529. The number of carbonyl (C=O) groups is 2. The molecule has 2 unspecified atom stereocenters. The Hall–Kier alpha value is -1.68. The van der Waals surface area contributed by atoms with Crippen LogP contribution >= 0.6 is 12.4 Å². The quantitative estimate of drug-likeness (QED) is 0.638. The summed E-state index contributed by atoms with van der Waals surface area (Å²) in [5.41, 5.74) is 0.297. The second-order valence-electron chi connectivity index (χ2n) is 6.77. The third-order valence-electron chi connectivity index (χ3n) is 4.88. The van der Waals surface area contributed by atoms with Gasteiger partial charge >= 0.3 is 0 Å². The molecule has 0 radical (unpaired) electrons. The first-order valence-electron chi connectivity index (χ1n) is 8.76. The van der Waals surface area contributed by atoms with Crippen molar-refractivity contribution in [2.75, 3.05) is 32.7 Å². The number of sulfonamides is 1. The van der Waals surface area contributed by atoms with Gasteiger partial charge in [0.05, 0.1) is 11.4 Å². The standard InChI is InChI=1S/C17H24N4O4S.ClH/c1-12-5-6-18-10-15(12)20-17(23)13-3-2-4-14(9-13)26(24,25)21-8-7-19-16(22)11-21;/h2-4,9,12,15,18H,5-8,10-11H2,1H3,(H,19,22)(H,20,23);1H. The van der Waals surface area contributed by atoms with Gasteiger partial charge in [-0.25, -0.2) is 8.42 Å². The molecule has 0 aliphatic carbocycles. The van der Waals surface area contributed by atoms with Crippen molar-refractivity contribution < 1.29 is 18.0 Å². The lowest BCUT2D eigenvalue weighted by Gasteiger charge is -2.30. The number of rotatable bonds is 4. The number of amides is 2. The maximum atomic E-state index is 12.8. The molecule has 0 bridgehead atoms. The molecule has 1 aromatic rings. The summed E-state index contributed by atoms with van der Waals surface area (Å²) >= 11 is 0. The van der Waals surface area contributed by atoms with Crippen LogP contribution in [0.25, 0.3) is 0 Å². The third kappa shape index (κ3) is 4.98. The van der Waals surface area contributed by atoms with Gasteiger partial charge in [0.15, 0.2) is 0 Å². The smallest absolute Gasteiger partial charge is 0.251 e. The highest BCUT2D eigenvalue weighted by Crippen LogP contribution is 2.18. The first kappa shape index (κ1) is 21.6. The summed E-state index contributed by atoms with van der Waals surface area (Å²) in [5, 5.41) is 8.83. The fourth-order valence-corrected chi connectivity index (χ4v) is 4.65. The summed E-state index contributed by atoms with van der Waals surface area (Å²) < 4.78 is 26.6. The van der Waals surface area contributed by atoms with E-state index in [4.69, 9.17) is 0 Å². The Bertz CT molecular complexity index is 802. The number of piperidine rings is 1. The van der Waals surface area contributed by atoms with E-state index in [0.717, 1.165) is 17.3 Å². The number of halogens is 1. The minimum atomic E-state index is -3.81. The van der Waals surface area contributed by atoms with Gasteiger partial charge in [0.2, 0.25) is 15.9 Å². The summed E-state index contributed by atoms with van der Waals surface area (Å²) in [6.07, 6.45) is 0.983. The van der Waals surface area contributed by atoms with Crippen LogP contribution in [0.1, 0.15) is 23.7 Å². The monoisotopic (exact) mass is 416 g/mol. The Morgan fingerprint density at radius 2 is 2.07 bits per heavy atom. The van der Waals surface area contributed by atoms with Crippen LogP contribution in [0, 0.1) is 5.92 Å². The van der Waals surface area contributed by atoms with Gasteiger partial charge in [-0.15, -0.1) is 12.4 Å². The van der Waals surface area contributed by atoms with Gasteiger partial charge < -0.3 is 16.0 Å². The fourth-order valence-electron chi connectivity index (χ4n) is 3.20. The van der Waals surface area contributed by atoms with E-state index >= 15 is 0 Å². The lowest BCUT2D eigenvalue weighted by molar-refractivity contribution is -0.122. The van der Waals surface area contributed by atoms with Crippen molar-refractivity contribution in [1.82, 2.24) is 20.3 Å². The van der Waals surface area contributed by atoms with Crippen LogP contribution in [0.4, 0.5) is 0 Å². The van der Waals surface area contributed by atoms with E-state index in [0.29, 0.717) is 18.0 Å². The minimum Gasteiger partial charge on any atom is -0.354 e. The van der Waals surface area contributed by atoms with E-state index in [1.807, 2.05) is 0 Å².